The first kappa shape index (κ1) is 33.5. The normalized spacial score (nSPS) is 14.3. The summed E-state index contributed by atoms with van der Waals surface area (Å²) in [6.45, 7) is 21.4. The Bertz CT molecular complexity index is 1540. The van der Waals surface area contributed by atoms with Crippen LogP contribution >= 0.6 is 0 Å². The van der Waals surface area contributed by atoms with E-state index in [9.17, 15) is 9.59 Å². The molecule has 0 aliphatic heterocycles. The van der Waals surface area contributed by atoms with Gasteiger partial charge in [0.1, 0.15) is 0 Å². The van der Waals surface area contributed by atoms with Crippen LogP contribution in [0.25, 0.3) is 22.5 Å². The average molecular weight is 624 g/mol. The zero-order valence-electron chi connectivity index (χ0n) is 29.5. The molecule has 0 bridgehead atoms. The van der Waals surface area contributed by atoms with Crippen molar-refractivity contribution in [1.82, 2.24) is 15.6 Å². The molecule has 0 unspecified atom stereocenters. The minimum atomic E-state index is -0.339. The summed E-state index contributed by atoms with van der Waals surface area (Å²) in [4.78, 5) is 31.4. The summed E-state index contributed by atoms with van der Waals surface area (Å²) in [5, 5.41) is 12.5. The second-order valence-electron chi connectivity index (χ2n) is 17.1. The minimum absolute atomic E-state index is 0.0992. The molecule has 4 N–H and O–H groups in total. The number of fused-ring (bicyclic) bond motifs is 6. The molecule has 0 spiro atoms. The lowest BCUT2D eigenvalue weighted by Crippen LogP contribution is -2.47. The van der Waals surface area contributed by atoms with Gasteiger partial charge < -0.3 is 21.3 Å². The fraction of sp³-hybridized carbons (Fsp3) is 0.513. The minimum Gasteiger partial charge on any atom is -0.333 e. The molecule has 3 aromatic rings. The van der Waals surface area contributed by atoms with E-state index in [0.29, 0.717) is 0 Å². The molecule has 2 aliphatic carbocycles. The van der Waals surface area contributed by atoms with Gasteiger partial charge in [-0.1, -0.05) is 59.7 Å². The Kier molecular flexibility index (Phi) is 8.78. The molecule has 246 valence electrons. The van der Waals surface area contributed by atoms with Gasteiger partial charge in [-0.25, -0.2) is 14.6 Å². The third-order valence-electron chi connectivity index (χ3n) is 8.60. The maximum atomic E-state index is 13.0. The highest BCUT2D eigenvalue weighted by molar-refractivity contribution is 5.92. The number of urea groups is 2. The summed E-state index contributed by atoms with van der Waals surface area (Å²) in [5.41, 5.74) is 10.1. The third kappa shape index (κ3) is 8.28. The van der Waals surface area contributed by atoms with Crippen molar-refractivity contribution in [3.05, 3.63) is 64.7 Å². The van der Waals surface area contributed by atoms with Gasteiger partial charge in [0, 0.05) is 33.6 Å². The van der Waals surface area contributed by atoms with Crippen LogP contribution in [0.4, 0.5) is 21.0 Å². The van der Waals surface area contributed by atoms with Gasteiger partial charge in [0.25, 0.3) is 0 Å². The molecular weight excluding hydrogens is 570 g/mol. The maximum Gasteiger partial charge on any atom is 0.319 e. The van der Waals surface area contributed by atoms with Crippen molar-refractivity contribution in [3.8, 4) is 22.5 Å². The van der Waals surface area contributed by atoms with Crippen LogP contribution in [0.3, 0.4) is 0 Å². The van der Waals surface area contributed by atoms with Gasteiger partial charge in [-0.3, -0.25) is 0 Å². The largest absolute Gasteiger partial charge is 0.333 e. The van der Waals surface area contributed by atoms with E-state index in [1.807, 2.05) is 12.1 Å². The van der Waals surface area contributed by atoms with Gasteiger partial charge in [-0.15, -0.1) is 0 Å². The molecule has 2 aromatic carbocycles. The number of aryl methyl sites for hydroxylation is 4. The third-order valence-corrected chi connectivity index (χ3v) is 8.60. The number of hydrogen-bond acceptors (Lipinski definition) is 3. The zero-order valence-corrected chi connectivity index (χ0v) is 29.5. The van der Waals surface area contributed by atoms with Crippen molar-refractivity contribution in [1.29, 1.82) is 0 Å². The first-order chi connectivity index (χ1) is 21.3. The quantitative estimate of drug-likeness (QED) is 0.220. The van der Waals surface area contributed by atoms with Crippen LogP contribution in [0.2, 0.25) is 0 Å². The molecule has 7 heteroatoms. The van der Waals surface area contributed by atoms with E-state index in [1.54, 1.807) is 0 Å². The van der Waals surface area contributed by atoms with E-state index in [0.717, 1.165) is 72.4 Å². The molecular formula is C39H53N5O2. The van der Waals surface area contributed by atoms with E-state index in [2.05, 4.69) is 121 Å². The lowest BCUT2D eigenvalue weighted by atomic mass is 9.82. The monoisotopic (exact) mass is 623 g/mol. The van der Waals surface area contributed by atoms with E-state index >= 15 is 0 Å². The fourth-order valence-electron chi connectivity index (χ4n) is 7.85. The smallest absolute Gasteiger partial charge is 0.319 e. The van der Waals surface area contributed by atoms with Crippen molar-refractivity contribution in [2.45, 2.75) is 119 Å². The standard InChI is InChI=1S/C39H53N5O2/c1-36(2,3)22-38(7,8)43-34(45)40-28-17-15-24-11-13-26-19-27-14-12-25-16-18-29(21-31(25)33(27)42-32(26)30(24)20-28)41-35(46)44-39(9,10)23-37(4,5)6/h15-21H,11-14,22-23H2,1-10H3,(H2,40,43,45)(H2,41,44,46). The number of anilines is 2. The molecule has 4 amide bonds. The van der Waals surface area contributed by atoms with E-state index in [-0.39, 0.29) is 34.0 Å². The molecule has 0 radical (unpaired) electrons. The predicted molar refractivity (Wildman–Crippen MR) is 191 cm³/mol. The lowest BCUT2D eigenvalue weighted by Gasteiger charge is -2.33. The van der Waals surface area contributed by atoms with Crippen molar-refractivity contribution in [3.63, 3.8) is 0 Å². The van der Waals surface area contributed by atoms with Gasteiger partial charge in [0.2, 0.25) is 0 Å². The summed E-state index contributed by atoms with van der Waals surface area (Å²) < 4.78 is 0. The van der Waals surface area contributed by atoms with Crippen molar-refractivity contribution in [2.75, 3.05) is 10.6 Å². The fourth-order valence-corrected chi connectivity index (χ4v) is 7.85. The number of benzene rings is 2. The Morgan fingerprint density at radius 2 is 0.935 bits per heavy atom. The summed E-state index contributed by atoms with van der Waals surface area (Å²) in [6, 6.07) is 14.2. The molecule has 1 heterocycles. The van der Waals surface area contributed by atoms with Gasteiger partial charge >= 0.3 is 12.1 Å². The Labute approximate surface area is 275 Å². The second kappa shape index (κ2) is 12.1. The van der Waals surface area contributed by atoms with Crippen molar-refractivity contribution in [2.24, 2.45) is 10.8 Å². The van der Waals surface area contributed by atoms with Crippen LogP contribution in [0.5, 0.6) is 0 Å². The van der Waals surface area contributed by atoms with Crippen LogP contribution in [-0.4, -0.2) is 28.1 Å². The van der Waals surface area contributed by atoms with Crippen LogP contribution < -0.4 is 21.3 Å². The number of nitrogens with zero attached hydrogens (tertiary/aromatic N) is 1. The molecule has 0 saturated carbocycles. The SMILES string of the molecule is CC(C)(C)CC(C)(C)NC(=O)Nc1ccc2c(c1)-c1nc3c(cc1CC2)CCc1ccc(NC(=O)NC(C)(C)CC(C)(C)C)cc1-3. The summed E-state index contributed by atoms with van der Waals surface area (Å²) in [5.74, 6) is 0. The van der Waals surface area contributed by atoms with Gasteiger partial charge in [-0.05, 0) is 124 Å². The average Bonchev–Trinajstić information content (AvgIpc) is 2.88. The molecule has 2 aliphatic rings. The molecule has 0 fully saturated rings. The Morgan fingerprint density at radius 1 is 0.565 bits per heavy atom. The van der Waals surface area contributed by atoms with Crippen molar-refractivity contribution < 1.29 is 9.59 Å². The number of pyridine rings is 1. The highest BCUT2D eigenvalue weighted by Crippen LogP contribution is 2.41. The van der Waals surface area contributed by atoms with Crippen LogP contribution in [-0.2, 0) is 25.7 Å². The first-order valence-electron chi connectivity index (χ1n) is 16.7. The zero-order chi connectivity index (χ0) is 33.7. The number of carbonyl (C=O) groups is 2. The van der Waals surface area contributed by atoms with E-state index in [4.69, 9.17) is 4.98 Å². The summed E-state index contributed by atoms with van der Waals surface area (Å²) in [6.07, 6.45) is 5.49. The van der Waals surface area contributed by atoms with Crippen LogP contribution in [0.1, 0.15) is 104 Å². The number of amides is 4. The summed E-state index contributed by atoms with van der Waals surface area (Å²) in [7, 11) is 0. The molecule has 5 rings (SSSR count). The second-order valence-corrected chi connectivity index (χ2v) is 17.1. The van der Waals surface area contributed by atoms with Crippen LogP contribution in [0.15, 0.2) is 42.5 Å². The van der Waals surface area contributed by atoms with Gasteiger partial charge in [-0.2, -0.15) is 0 Å². The number of rotatable bonds is 6. The molecule has 0 saturated heterocycles. The summed E-state index contributed by atoms with van der Waals surface area (Å²) >= 11 is 0. The topological polar surface area (TPSA) is 95.2 Å². The number of nitrogens with one attached hydrogen (secondary N) is 4. The van der Waals surface area contributed by atoms with Crippen LogP contribution in [0, 0.1) is 10.8 Å². The van der Waals surface area contributed by atoms with E-state index < -0.39 is 0 Å². The lowest BCUT2D eigenvalue weighted by molar-refractivity contribution is 0.218. The van der Waals surface area contributed by atoms with E-state index in [1.165, 1.54) is 22.3 Å². The van der Waals surface area contributed by atoms with Gasteiger partial charge in [0.15, 0.2) is 0 Å². The highest BCUT2D eigenvalue weighted by Gasteiger charge is 2.29. The Balaban J connectivity index is 1.39. The maximum absolute atomic E-state index is 13.0. The molecule has 0 atom stereocenters. The van der Waals surface area contributed by atoms with Gasteiger partial charge in [0.05, 0.1) is 11.4 Å². The Hall–Kier alpha value is -3.87. The predicted octanol–water partition coefficient (Wildman–Crippen LogP) is 9.29. The van der Waals surface area contributed by atoms with Crippen molar-refractivity contribution >= 4 is 23.4 Å². The molecule has 7 nitrogen and oxygen atoms in total. The molecule has 46 heavy (non-hydrogen) atoms. The first-order valence-corrected chi connectivity index (χ1v) is 16.7. The highest BCUT2D eigenvalue weighted by atomic mass is 16.2. The number of hydrogen-bond donors (Lipinski definition) is 4. The Morgan fingerprint density at radius 3 is 1.30 bits per heavy atom. The number of aromatic nitrogens is 1. The number of carbonyl (C=O) groups excluding carboxylic acids is 2. The molecule has 1 aromatic heterocycles.